The third-order valence-corrected chi connectivity index (χ3v) is 4.02. The number of carbonyl (C=O) groups excluding carboxylic acids is 1. The second-order valence-corrected chi connectivity index (χ2v) is 5.52. The molecule has 5 nitrogen and oxygen atoms in total. The smallest absolute Gasteiger partial charge is 0.317 e. The summed E-state index contributed by atoms with van der Waals surface area (Å²) in [6, 6.07) is 0.736. The highest BCUT2D eigenvalue weighted by Crippen LogP contribution is 2.21. The Hall–Kier alpha value is -0.810. The molecule has 0 aromatic carbocycles. The number of amides is 2. The molecule has 2 N–H and O–H groups in total. The summed E-state index contributed by atoms with van der Waals surface area (Å²) in [4.78, 5) is 13.2. The lowest BCUT2D eigenvalue weighted by Gasteiger charge is -2.29. The second-order valence-electron chi connectivity index (χ2n) is 5.52. The molecule has 0 spiro atoms. The number of nitrogens with one attached hydrogen (secondary N) is 2. The van der Waals surface area contributed by atoms with E-state index in [0.717, 1.165) is 39.0 Å². The zero-order valence-electron chi connectivity index (χ0n) is 12.0. The molecule has 0 radical (unpaired) electrons. The summed E-state index contributed by atoms with van der Waals surface area (Å²) in [6.45, 7) is 6.31. The van der Waals surface area contributed by atoms with Gasteiger partial charge in [-0.15, -0.1) is 0 Å². The highest BCUT2D eigenvalue weighted by molar-refractivity contribution is 5.76. The first-order valence-electron chi connectivity index (χ1n) is 7.67. The monoisotopic (exact) mass is 269 g/mol. The molecule has 1 aliphatic carbocycles. The molecule has 110 valence electrons. The zero-order chi connectivity index (χ0) is 13.5. The maximum atomic E-state index is 11.4. The van der Waals surface area contributed by atoms with E-state index in [1.54, 1.807) is 0 Å². The van der Waals surface area contributed by atoms with E-state index < -0.39 is 0 Å². The van der Waals surface area contributed by atoms with Crippen LogP contribution in [-0.2, 0) is 4.74 Å². The van der Waals surface area contributed by atoms with E-state index in [2.05, 4.69) is 17.6 Å². The van der Waals surface area contributed by atoms with E-state index in [4.69, 9.17) is 4.74 Å². The number of rotatable bonds is 7. The molecule has 2 rings (SSSR count). The van der Waals surface area contributed by atoms with Gasteiger partial charge in [-0.25, -0.2) is 4.79 Å². The molecule has 2 aliphatic rings. The van der Waals surface area contributed by atoms with Crippen molar-refractivity contribution in [1.29, 1.82) is 0 Å². The lowest BCUT2D eigenvalue weighted by Crippen LogP contribution is -2.37. The van der Waals surface area contributed by atoms with Crippen LogP contribution in [-0.4, -0.2) is 55.9 Å². The molecule has 0 atom stereocenters. The minimum Gasteiger partial charge on any atom is -0.376 e. The zero-order valence-corrected chi connectivity index (χ0v) is 12.0. The van der Waals surface area contributed by atoms with E-state index in [1.165, 1.54) is 19.3 Å². The third kappa shape index (κ3) is 4.66. The van der Waals surface area contributed by atoms with Crippen LogP contribution in [0.15, 0.2) is 0 Å². The quantitative estimate of drug-likeness (QED) is 0.733. The van der Waals surface area contributed by atoms with Crippen LogP contribution in [0.2, 0.25) is 0 Å². The van der Waals surface area contributed by atoms with Gasteiger partial charge in [0, 0.05) is 25.7 Å². The average molecular weight is 269 g/mol. The van der Waals surface area contributed by atoms with Crippen LogP contribution in [0.25, 0.3) is 0 Å². The molecule has 0 aromatic rings. The van der Waals surface area contributed by atoms with Crippen LogP contribution in [0, 0.1) is 0 Å². The van der Waals surface area contributed by atoms with Crippen LogP contribution in [0.1, 0.15) is 39.0 Å². The second kappa shape index (κ2) is 7.70. The molecule has 0 bridgehead atoms. The molecule has 1 saturated carbocycles. The van der Waals surface area contributed by atoms with E-state index >= 15 is 0 Å². The SMILES string of the molecule is CCCNC1CCC(OCCN2CCNC2=O)CC1. The molecule has 2 fully saturated rings. The van der Waals surface area contributed by atoms with Crippen molar-refractivity contribution in [2.24, 2.45) is 0 Å². The number of ether oxygens (including phenoxy) is 1. The van der Waals surface area contributed by atoms with Gasteiger partial charge in [0.15, 0.2) is 0 Å². The van der Waals surface area contributed by atoms with Gasteiger partial charge in [0.05, 0.1) is 12.7 Å². The average Bonchev–Trinajstić information content (AvgIpc) is 2.84. The first kappa shape index (κ1) is 14.6. The van der Waals surface area contributed by atoms with Crippen molar-refractivity contribution in [1.82, 2.24) is 15.5 Å². The van der Waals surface area contributed by atoms with Crippen molar-refractivity contribution in [2.45, 2.75) is 51.2 Å². The topological polar surface area (TPSA) is 53.6 Å². The molecule has 5 heteroatoms. The summed E-state index contributed by atoms with van der Waals surface area (Å²) >= 11 is 0. The number of carbonyl (C=O) groups is 1. The number of hydrogen-bond donors (Lipinski definition) is 2. The van der Waals surface area contributed by atoms with E-state index in [0.29, 0.717) is 18.8 Å². The summed E-state index contributed by atoms with van der Waals surface area (Å²) in [5.41, 5.74) is 0. The van der Waals surface area contributed by atoms with Gasteiger partial charge in [0.1, 0.15) is 0 Å². The number of urea groups is 1. The van der Waals surface area contributed by atoms with Gasteiger partial charge in [-0.05, 0) is 38.6 Å². The lowest BCUT2D eigenvalue weighted by atomic mass is 9.93. The van der Waals surface area contributed by atoms with Gasteiger partial charge >= 0.3 is 6.03 Å². The number of nitrogens with zero attached hydrogens (tertiary/aromatic N) is 1. The van der Waals surface area contributed by atoms with Crippen molar-refractivity contribution >= 4 is 6.03 Å². The Morgan fingerprint density at radius 1 is 1.37 bits per heavy atom. The Balaban J connectivity index is 1.54. The van der Waals surface area contributed by atoms with Crippen molar-refractivity contribution in [3.63, 3.8) is 0 Å². The Morgan fingerprint density at radius 3 is 2.79 bits per heavy atom. The summed E-state index contributed by atoms with van der Waals surface area (Å²) in [6.07, 6.45) is 6.32. The standard InChI is InChI=1S/C14H27N3O2/c1-2-7-15-12-3-5-13(6-4-12)19-11-10-17-9-8-16-14(17)18/h12-13,15H,2-11H2,1H3,(H,16,18). The molecule has 1 saturated heterocycles. The fraction of sp³-hybridized carbons (Fsp3) is 0.929. The predicted octanol–water partition coefficient (Wildman–Crippen LogP) is 1.34. The lowest BCUT2D eigenvalue weighted by molar-refractivity contribution is 0.0166. The molecule has 0 unspecified atom stereocenters. The van der Waals surface area contributed by atoms with Gasteiger partial charge in [-0.2, -0.15) is 0 Å². The Labute approximate surface area is 116 Å². The maximum Gasteiger partial charge on any atom is 0.317 e. The molecule has 0 aromatic heterocycles. The van der Waals surface area contributed by atoms with Crippen LogP contribution >= 0.6 is 0 Å². The van der Waals surface area contributed by atoms with Crippen molar-refractivity contribution in [2.75, 3.05) is 32.8 Å². The molecule has 1 heterocycles. The molecule has 1 aliphatic heterocycles. The largest absolute Gasteiger partial charge is 0.376 e. The Bertz CT molecular complexity index is 278. The molecule has 2 amide bonds. The third-order valence-electron chi connectivity index (χ3n) is 4.02. The van der Waals surface area contributed by atoms with Crippen molar-refractivity contribution in [3.05, 3.63) is 0 Å². The van der Waals surface area contributed by atoms with Crippen molar-refractivity contribution in [3.8, 4) is 0 Å². The molecular weight excluding hydrogens is 242 g/mol. The van der Waals surface area contributed by atoms with Crippen LogP contribution in [0.4, 0.5) is 4.79 Å². The fourth-order valence-electron chi connectivity index (χ4n) is 2.84. The number of hydrogen-bond acceptors (Lipinski definition) is 3. The van der Waals surface area contributed by atoms with Crippen LogP contribution in [0.3, 0.4) is 0 Å². The minimum atomic E-state index is 0.0519. The predicted molar refractivity (Wildman–Crippen MR) is 75.3 cm³/mol. The van der Waals surface area contributed by atoms with Gasteiger partial charge in [0.25, 0.3) is 0 Å². The minimum absolute atomic E-state index is 0.0519. The summed E-state index contributed by atoms with van der Waals surface area (Å²) in [7, 11) is 0. The van der Waals surface area contributed by atoms with E-state index in [1.807, 2.05) is 4.90 Å². The van der Waals surface area contributed by atoms with Gasteiger partial charge in [0.2, 0.25) is 0 Å². The van der Waals surface area contributed by atoms with Gasteiger partial charge in [-0.1, -0.05) is 6.92 Å². The maximum absolute atomic E-state index is 11.4. The van der Waals surface area contributed by atoms with E-state index in [-0.39, 0.29) is 6.03 Å². The first-order valence-corrected chi connectivity index (χ1v) is 7.67. The summed E-state index contributed by atoms with van der Waals surface area (Å²) < 4.78 is 5.90. The van der Waals surface area contributed by atoms with Gasteiger partial charge in [-0.3, -0.25) is 0 Å². The Morgan fingerprint density at radius 2 is 2.16 bits per heavy atom. The van der Waals surface area contributed by atoms with Gasteiger partial charge < -0.3 is 20.3 Å². The Kier molecular flexibility index (Phi) is 5.92. The van der Waals surface area contributed by atoms with Crippen molar-refractivity contribution < 1.29 is 9.53 Å². The van der Waals surface area contributed by atoms with Crippen LogP contribution < -0.4 is 10.6 Å². The summed E-state index contributed by atoms with van der Waals surface area (Å²) in [5, 5.41) is 6.39. The fourth-order valence-corrected chi connectivity index (χ4v) is 2.84. The molecular formula is C14H27N3O2. The van der Waals surface area contributed by atoms with Crippen LogP contribution in [0.5, 0.6) is 0 Å². The highest BCUT2D eigenvalue weighted by atomic mass is 16.5. The first-order chi connectivity index (χ1) is 9.29. The normalized spacial score (nSPS) is 27.6. The summed E-state index contributed by atoms with van der Waals surface area (Å²) in [5.74, 6) is 0. The highest BCUT2D eigenvalue weighted by Gasteiger charge is 2.22. The van der Waals surface area contributed by atoms with E-state index in [9.17, 15) is 4.79 Å². The molecule has 19 heavy (non-hydrogen) atoms.